The molecule has 3 aromatic carbocycles. The Bertz CT molecular complexity index is 1120. The van der Waals surface area contributed by atoms with Crippen molar-refractivity contribution in [3.8, 4) is 22.6 Å². The van der Waals surface area contributed by atoms with Crippen LogP contribution in [0.1, 0.15) is 12.5 Å². The average Bonchev–Trinajstić information content (AvgIpc) is 2.79. The van der Waals surface area contributed by atoms with Crippen molar-refractivity contribution in [1.29, 1.82) is 0 Å². The van der Waals surface area contributed by atoms with Crippen molar-refractivity contribution in [2.24, 2.45) is 5.10 Å². The molecule has 0 saturated heterocycles. The maximum atomic E-state index is 4.77. The van der Waals surface area contributed by atoms with Gasteiger partial charge in [0.05, 0.1) is 11.4 Å². The molecular weight excluding hydrogens is 424 g/mol. The molecule has 142 valence electrons. The lowest BCUT2D eigenvalue weighted by Gasteiger charge is -2.09. The van der Waals surface area contributed by atoms with Crippen LogP contribution in [-0.2, 0) is 0 Å². The van der Waals surface area contributed by atoms with Crippen LogP contribution < -0.4 is 5.43 Å². The minimum atomic E-state index is 0.645. The summed E-state index contributed by atoms with van der Waals surface area (Å²) < 4.78 is 1.02. The second-order valence-corrected chi connectivity index (χ2v) is 7.43. The summed E-state index contributed by atoms with van der Waals surface area (Å²) in [5, 5.41) is 4.52. The number of anilines is 1. The summed E-state index contributed by atoms with van der Waals surface area (Å²) in [7, 11) is 0. The Hall–Kier alpha value is -3.31. The van der Waals surface area contributed by atoms with E-state index in [0.717, 1.165) is 32.6 Å². The minimum absolute atomic E-state index is 0.645. The van der Waals surface area contributed by atoms with Gasteiger partial charge in [-0.05, 0) is 24.6 Å². The molecule has 0 saturated carbocycles. The van der Waals surface area contributed by atoms with Crippen molar-refractivity contribution < 1.29 is 0 Å². The van der Waals surface area contributed by atoms with Gasteiger partial charge >= 0.3 is 0 Å². The van der Waals surface area contributed by atoms with Crippen LogP contribution in [-0.4, -0.2) is 15.7 Å². The summed E-state index contributed by atoms with van der Waals surface area (Å²) in [5.41, 5.74) is 7.86. The van der Waals surface area contributed by atoms with Gasteiger partial charge < -0.3 is 0 Å². The SMILES string of the molecule is C/C(=N/Nc1cc(-c2ccccc2)nc(-c2ccc(Br)cc2)n1)c1ccccc1. The van der Waals surface area contributed by atoms with E-state index in [2.05, 4.69) is 31.4 Å². The summed E-state index contributed by atoms with van der Waals surface area (Å²) in [5.74, 6) is 1.29. The molecule has 0 atom stereocenters. The van der Waals surface area contributed by atoms with E-state index < -0.39 is 0 Å². The molecule has 1 aromatic heterocycles. The van der Waals surface area contributed by atoms with Crippen LogP contribution >= 0.6 is 15.9 Å². The number of nitrogens with zero attached hydrogens (tertiary/aromatic N) is 3. The second kappa shape index (κ2) is 8.80. The third kappa shape index (κ3) is 4.76. The van der Waals surface area contributed by atoms with Crippen molar-refractivity contribution in [2.45, 2.75) is 6.92 Å². The first-order valence-electron chi connectivity index (χ1n) is 9.25. The number of halogens is 1. The molecule has 1 heterocycles. The van der Waals surface area contributed by atoms with Crippen LogP contribution in [0, 0.1) is 0 Å². The van der Waals surface area contributed by atoms with E-state index in [0.29, 0.717) is 11.6 Å². The van der Waals surface area contributed by atoms with Gasteiger partial charge in [-0.15, -0.1) is 0 Å². The highest BCUT2D eigenvalue weighted by atomic mass is 79.9. The van der Waals surface area contributed by atoms with Crippen molar-refractivity contribution in [3.63, 3.8) is 0 Å². The first-order chi connectivity index (χ1) is 14.2. The largest absolute Gasteiger partial charge is 0.261 e. The number of benzene rings is 3. The van der Waals surface area contributed by atoms with Crippen molar-refractivity contribution >= 4 is 27.5 Å². The Morgan fingerprint density at radius 3 is 2.14 bits per heavy atom. The van der Waals surface area contributed by atoms with E-state index in [1.807, 2.05) is 97.9 Å². The van der Waals surface area contributed by atoms with E-state index in [9.17, 15) is 0 Å². The van der Waals surface area contributed by atoms with Crippen LogP contribution in [0.5, 0.6) is 0 Å². The fourth-order valence-electron chi connectivity index (χ4n) is 2.87. The predicted molar refractivity (Wildman–Crippen MR) is 123 cm³/mol. The number of aromatic nitrogens is 2. The molecule has 0 radical (unpaired) electrons. The molecule has 0 aliphatic heterocycles. The lowest BCUT2D eigenvalue weighted by molar-refractivity contribution is 1.15. The quantitative estimate of drug-likeness (QED) is 0.287. The Morgan fingerprint density at radius 2 is 1.45 bits per heavy atom. The zero-order valence-corrected chi connectivity index (χ0v) is 17.5. The molecule has 4 nitrogen and oxygen atoms in total. The van der Waals surface area contributed by atoms with Gasteiger partial charge in [0, 0.05) is 21.7 Å². The van der Waals surface area contributed by atoms with E-state index in [1.165, 1.54) is 0 Å². The van der Waals surface area contributed by atoms with Crippen LogP contribution in [0.4, 0.5) is 5.82 Å². The fourth-order valence-corrected chi connectivity index (χ4v) is 3.14. The van der Waals surface area contributed by atoms with Gasteiger partial charge in [-0.25, -0.2) is 9.97 Å². The average molecular weight is 443 g/mol. The standard InChI is InChI=1S/C24H19BrN4/c1-17(18-8-4-2-5-9-18)28-29-23-16-22(19-10-6-3-7-11-19)26-24(27-23)20-12-14-21(25)15-13-20/h2-16H,1H3,(H,26,27,29)/b28-17-. The predicted octanol–water partition coefficient (Wildman–Crippen LogP) is 6.41. The molecule has 0 aliphatic rings. The highest BCUT2D eigenvalue weighted by Crippen LogP contribution is 2.25. The van der Waals surface area contributed by atoms with E-state index in [-0.39, 0.29) is 0 Å². The molecule has 0 amide bonds. The topological polar surface area (TPSA) is 50.2 Å². The van der Waals surface area contributed by atoms with E-state index >= 15 is 0 Å². The minimum Gasteiger partial charge on any atom is -0.261 e. The molecule has 1 N–H and O–H groups in total. The number of hydrogen-bond donors (Lipinski definition) is 1. The van der Waals surface area contributed by atoms with Gasteiger partial charge in [0.15, 0.2) is 11.6 Å². The third-order valence-corrected chi connectivity index (χ3v) is 4.96. The normalized spacial score (nSPS) is 11.3. The van der Waals surface area contributed by atoms with Gasteiger partial charge in [-0.2, -0.15) is 5.10 Å². The Morgan fingerprint density at radius 1 is 0.793 bits per heavy atom. The molecule has 5 heteroatoms. The maximum Gasteiger partial charge on any atom is 0.162 e. The van der Waals surface area contributed by atoms with Crippen LogP contribution in [0.3, 0.4) is 0 Å². The second-order valence-electron chi connectivity index (χ2n) is 6.51. The zero-order chi connectivity index (χ0) is 20.1. The summed E-state index contributed by atoms with van der Waals surface area (Å²) >= 11 is 3.48. The van der Waals surface area contributed by atoms with Gasteiger partial charge in [0.2, 0.25) is 0 Å². The highest BCUT2D eigenvalue weighted by molar-refractivity contribution is 9.10. The number of rotatable bonds is 5. The van der Waals surface area contributed by atoms with Gasteiger partial charge in [0.1, 0.15) is 0 Å². The number of hydrazone groups is 1. The van der Waals surface area contributed by atoms with Gasteiger partial charge in [-0.1, -0.05) is 88.7 Å². The lowest BCUT2D eigenvalue weighted by Crippen LogP contribution is -2.03. The Kier molecular flexibility index (Phi) is 5.77. The van der Waals surface area contributed by atoms with Crippen LogP contribution in [0.2, 0.25) is 0 Å². The summed E-state index contributed by atoms with van der Waals surface area (Å²) in [6.07, 6.45) is 0. The molecule has 4 aromatic rings. The van der Waals surface area contributed by atoms with Gasteiger partial charge in [0.25, 0.3) is 0 Å². The number of nitrogens with one attached hydrogen (secondary N) is 1. The molecule has 0 unspecified atom stereocenters. The van der Waals surface area contributed by atoms with Gasteiger partial charge in [-0.3, -0.25) is 5.43 Å². The first kappa shape index (κ1) is 19.0. The zero-order valence-electron chi connectivity index (χ0n) is 15.9. The van der Waals surface area contributed by atoms with E-state index in [1.54, 1.807) is 0 Å². The van der Waals surface area contributed by atoms with Crippen molar-refractivity contribution in [3.05, 3.63) is 101 Å². The molecule has 4 rings (SSSR count). The molecular formula is C24H19BrN4. The van der Waals surface area contributed by atoms with Crippen LogP contribution in [0.25, 0.3) is 22.6 Å². The summed E-state index contributed by atoms with van der Waals surface area (Å²) in [6.45, 7) is 1.97. The molecule has 29 heavy (non-hydrogen) atoms. The smallest absolute Gasteiger partial charge is 0.162 e. The monoisotopic (exact) mass is 442 g/mol. The third-order valence-electron chi connectivity index (χ3n) is 4.43. The summed E-state index contributed by atoms with van der Waals surface area (Å²) in [6, 6.07) is 30.0. The number of hydrogen-bond acceptors (Lipinski definition) is 4. The molecule has 0 bridgehead atoms. The lowest BCUT2D eigenvalue weighted by atomic mass is 10.1. The van der Waals surface area contributed by atoms with E-state index in [4.69, 9.17) is 4.98 Å². The summed E-state index contributed by atoms with van der Waals surface area (Å²) in [4.78, 5) is 9.45. The van der Waals surface area contributed by atoms with Crippen LogP contribution in [0.15, 0.2) is 101 Å². The fraction of sp³-hybridized carbons (Fsp3) is 0.0417. The van der Waals surface area contributed by atoms with Crippen molar-refractivity contribution in [2.75, 3.05) is 5.43 Å². The Balaban J connectivity index is 1.72. The molecule has 0 aliphatic carbocycles. The first-order valence-corrected chi connectivity index (χ1v) is 10.0. The maximum absolute atomic E-state index is 4.77. The Labute approximate surface area is 178 Å². The molecule has 0 fully saturated rings. The molecule has 0 spiro atoms. The highest BCUT2D eigenvalue weighted by Gasteiger charge is 2.09. The van der Waals surface area contributed by atoms with Crippen molar-refractivity contribution in [1.82, 2.24) is 9.97 Å².